The zero-order valence-electron chi connectivity index (χ0n) is 8.94. The molecule has 0 spiro atoms. The van der Waals surface area contributed by atoms with Crippen LogP contribution in [0.5, 0.6) is 0 Å². The van der Waals surface area contributed by atoms with Crippen LogP contribution in [0.15, 0.2) is 10.2 Å². The Morgan fingerprint density at radius 1 is 1.46 bits per heavy atom. The topological polar surface area (TPSA) is 38.3 Å². The van der Waals surface area contributed by atoms with Crippen molar-refractivity contribution in [3.05, 3.63) is 10.2 Å². The van der Waals surface area contributed by atoms with E-state index in [1.165, 1.54) is 10.7 Å². The van der Waals surface area contributed by atoms with E-state index in [1.54, 1.807) is 0 Å². The molecular formula is C9H19NO2Sn. The first-order valence-corrected chi connectivity index (χ1v) is 14.4. The molecule has 1 N–H and O–H groups in total. The molecule has 0 saturated carbocycles. The Morgan fingerprint density at radius 3 is 2.38 bits per heavy atom. The number of amides is 1. The van der Waals surface area contributed by atoms with Crippen LogP contribution in [0.3, 0.4) is 0 Å². The van der Waals surface area contributed by atoms with Gasteiger partial charge in [-0.05, 0) is 0 Å². The van der Waals surface area contributed by atoms with Crippen molar-refractivity contribution in [2.75, 3.05) is 13.7 Å². The van der Waals surface area contributed by atoms with Gasteiger partial charge >= 0.3 is 84.4 Å². The average molecular weight is 292 g/mol. The number of carbonyl (C=O) groups excluding carboxylic acids is 1. The summed E-state index contributed by atoms with van der Waals surface area (Å²) in [5.74, 6) is 0. The van der Waals surface area contributed by atoms with E-state index in [0.29, 0.717) is 6.54 Å². The fourth-order valence-corrected chi connectivity index (χ4v) is 3.26. The maximum absolute atomic E-state index is 10.7. The summed E-state index contributed by atoms with van der Waals surface area (Å²) in [5, 5.41) is 2.65. The number of rotatable bonds is 4. The molecule has 0 aliphatic heterocycles. The van der Waals surface area contributed by atoms with Gasteiger partial charge in [-0.3, -0.25) is 0 Å². The molecule has 0 radical (unpaired) electrons. The molecule has 0 saturated heterocycles. The quantitative estimate of drug-likeness (QED) is 0.806. The van der Waals surface area contributed by atoms with Gasteiger partial charge in [-0.15, -0.1) is 0 Å². The zero-order valence-corrected chi connectivity index (χ0v) is 11.8. The van der Waals surface area contributed by atoms with Crippen LogP contribution in [0.2, 0.25) is 14.8 Å². The van der Waals surface area contributed by atoms with Gasteiger partial charge in [-0.1, -0.05) is 0 Å². The molecule has 0 unspecified atom stereocenters. The summed E-state index contributed by atoms with van der Waals surface area (Å²) < 4.78 is 5.79. The average Bonchev–Trinajstić information content (AvgIpc) is 2.02. The Bertz CT molecular complexity index is 196. The van der Waals surface area contributed by atoms with Crippen LogP contribution in [-0.2, 0) is 4.74 Å². The number of hydrogen-bond acceptors (Lipinski definition) is 2. The van der Waals surface area contributed by atoms with E-state index in [9.17, 15) is 4.79 Å². The van der Waals surface area contributed by atoms with Crippen molar-refractivity contribution in [3.63, 3.8) is 0 Å². The summed E-state index contributed by atoms with van der Waals surface area (Å²) in [6.45, 7) is 4.69. The molecule has 0 aliphatic rings. The van der Waals surface area contributed by atoms with Crippen LogP contribution in [0, 0.1) is 0 Å². The molecule has 1 amide bonds. The van der Waals surface area contributed by atoms with Gasteiger partial charge in [0.25, 0.3) is 0 Å². The van der Waals surface area contributed by atoms with Crippen molar-refractivity contribution in [3.8, 4) is 0 Å². The van der Waals surface area contributed by atoms with E-state index in [4.69, 9.17) is 0 Å². The van der Waals surface area contributed by atoms with Crippen LogP contribution in [0.1, 0.15) is 6.42 Å². The maximum atomic E-state index is 10.7. The van der Waals surface area contributed by atoms with Gasteiger partial charge in [0.15, 0.2) is 0 Å². The fraction of sp³-hybridized carbons (Fsp3) is 0.667. The molecule has 13 heavy (non-hydrogen) atoms. The van der Waals surface area contributed by atoms with Crippen molar-refractivity contribution in [2.45, 2.75) is 21.2 Å². The summed E-state index contributed by atoms with van der Waals surface area (Å²) >= 11 is -1.91. The summed E-state index contributed by atoms with van der Waals surface area (Å²) in [4.78, 5) is 17.6. The van der Waals surface area contributed by atoms with Gasteiger partial charge in [-0.25, -0.2) is 0 Å². The van der Waals surface area contributed by atoms with E-state index in [1.807, 2.05) is 0 Å². The molecule has 0 atom stereocenters. The van der Waals surface area contributed by atoms with Gasteiger partial charge in [0.05, 0.1) is 0 Å². The van der Waals surface area contributed by atoms with E-state index in [0.717, 1.165) is 6.42 Å². The molecule has 0 rings (SSSR count). The Labute approximate surface area is 84.4 Å². The summed E-state index contributed by atoms with van der Waals surface area (Å²) in [6.07, 6.45) is 0.520. The molecule has 0 heterocycles. The first-order chi connectivity index (χ1) is 5.88. The molecule has 4 heteroatoms. The van der Waals surface area contributed by atoms with Crippen LogP contribution >= 0.6 is 0 Å². The molecule has 0 aromatic rings. The van der Waals surface area contributed by atoms with Crippen molar-refractivity contribution in [1.82, 2.24) is 5.32 Å². The second kappa shape index (κ2) is 5.52. The van der Waals surface area contributed by atoms with E-state index >= 15 is 0 Å². The molecule has 0 bridgehead atoms. The van der Waals surface area contributed by atoms with Crippen molar-refractivity contribution >= 4 is 24.5 Å². The summed E-state index contributed by atoms with van der Waals surface area (Å²) in [7, 11) is 1.37. The van der Waals surface area contributed by atoms with Crippen LogP contribution < -0.4 is 5.32 Å². The van der Waals surface area contributed by atoms with Crippen LogP contribution in [0.25, 0.3) is 0 Å². The predicted molar refractivity (Wildman–Crippen MR) is 57.5 cm³/mol. The van der Waals surface area contributed by atoms with Gasteiger partial charge in [-0.2, -0.15) is 0 Å². The molecular weight excluding hydrogens is 273 g/mol. The molecule has 0 fully saturated rings. The van der Waals surface area contributed by atoms with Crippen LogP contribution in [-0.4, -0.2) is 38.1 Å². The van der Waals surface area contributed by atoms with Crippen molar-refractivity contribution < 1.29 is 9.53 Å². The zero-order chi connectivity index (χ0) is 10.5. The van der Waals surface area contributed by atoms with E-state index < -0.39 is 18.4 Å². The minimum atomic E-state index is -1.91. The predicted octanol–water partition coefficient (Wildman–Crippen LogP) is 2.17. The van der Waals surface area contributed by atoms with E-state index in [2.05, 4.69) is 31.5 Å². The minimum absolute atomic E-state index is 0.364. The Morgan fingerprint density at radius 2 is 2.00 bits per heavy atom. The number of carbonyl (C=O) groups is 1. The number of methoxy groups -OCH3 is 1. The van der Waals surface area contributed by atoms with Crippen molar-refractivity contribution in [1.29, 1.82) is 0 Å². The number of hydrogen-bond donors (Lipinski definition) is 1. The SMILES string of the molecule is C=[C](CCNC(=O)OC)[Sn]([CH3])([CH3])[CH3]. The summed E-state index contributed by atoms with van der Waals surface area (Å²) in [5.41, 5.74) is 0. The van der Waals surface area contributed by atoms with Crippen LogP contribution in [0.4, 0.5) is 4.79 Å². The van der Waals surface area contributed by atoms with Crippen molar-refractivity contribution in [2.24, 2.45) is 0 Å². The third kappa shape index (κ3) is 5.96. The Balaban J connectivity index is 3.67. The summed E-state index contributed by atoms with van der Waals surface area (Å²) in [6, 6.07) is 0. The van der Waals surface area contributed by atoms with E-state index in [-0.39, 0.29) is 6.09 Å². The molecule has 76 valence electrons. The molecule has 0 aromatic heterocycles. The third-order valence-electron chi connectivity index (χ3n) is 1.94. The van der Waals surface area contributed by atoms with Gasteiger partial charge in [0.1, 0.15) is 0 Å². The number of nitrogens with one attached hydrogen (secondary N) is 1. The standard InChI is InChI=1S/C6H10NO2.3CH3.Sn/c1-3-4-5-7-6(8)9-2;;;;/h1,4-5H2,2H3,(H,7,8);3*1H3;. The second-order valence-corrected chi connectivity index (χ2v) is 18.9. The molecule has 0 aromatic carbocycles. The second-order valence-electron chi connectivity index (χ2n) is 4.02. The van der Waals surface area contributed by atoms with Gasteiger partial charge in [0, 0.05) is 0 Å². The number of alkyl carbamates (subject to hydrolysis) is 1. The monoisotopic (exact) mass is 293 g/mol. The molecule has 3 nitrogen and oxygen atoms in total. The first kappa shape index (κ1) is 12.8. The van der Waals surface area contributed by atoms with Gasteiger partial charge in [0.2, 0.25) is 0 Å². The third-order valence-corrected chi connectivity index (χ3v) is 8.71. The molecule has 0 aliphatic carbocycles. The Kier molecular flexibility index (Phi) is 5.44. The normalized spacial score (nSPS) is 10.8. The first-order valence-electron chi connectivity index (χ1n) is 4.38. The number of ether oxygens (including phenoxy) is 1. The Hall–Kier alpha value is -0.191. The fourth-order valence-electron chi connectivity index (χ4n) is 0.763. The van der Waals surface area contributed by atoms with Gasteiger partial charge < -0.3 is 0 Å².